The summed E-state index contributed by atoms with van der Waals surface area (Å²) in [6.07, 6.45) is 0. The van der Waals surface area contributed by atoms with E-state index in [1.54, 1.807) is 0 Å². The van der Waals surface area contributed by atoms with Crippen LogP contribution in [0.1, 0.15) is 90.5 Å². The van der Waals surface area contributed by atoms with Gasteiger partial charge in [0, 0.05) is 0 Å². The van der Waals surface area contributed by atoms with Crippen molar-refractivity contribution in [2.75, 3.05) is 0 Å². The Balaban J connectivity index is 0.000000155. The minimum atomic E-state index is -0.955. The molecule has 0 fully saturated rings. The molecule has 21 aromatic rings. The van der Waals surface area contributed by atoms with Crippen LogP contribution in [0, 0.1) is 0 Å². The van der Waals surface area contributed by atoms with Crippen molar-refractivity contribution in [2.24, 2.45) is 0 Å². The third-order valence-electron chi connectivity index (χ3n) is 16.2. The van der Waals surface area contributed by atoms with Gasteiger partial charge in [-0.1, -0.05) is 375 Å². The molecule has 102 heavy (non-hydrogen) atoms. The zero-order valence-electron chi connectivity index (χ0n) is 117. The summed E-state index contributed by atoms with van der Waals surface area (Å²) in [6.45, 7) is 0. The highest BCUT2D eigenvalue weighted by atomic mass is 14.2. The van der Waals surface area contributed by atoms with Crippen LogP contribution in [0.4, 0.5) is 0 Å². The molecule has 0 heterocycles. The van der Waals surface area contributed by atoms with E-state index in [0.717, 1.165) is 0 Å². The average molecular weight is 1360 g/mol. The van der Waals surface area contributed by atoms with Crippen LogP contribution in [0.2, 0.25) is 0 Å². The Morgan fingerprint density at radius 3 is 0.657 bits per heavy atom. The first-order chi connectivity index (χ1) is 78.1. The van der Waals surface area contributed by atoms with Crippen LogP contribution >= 0.6 is 0 Å². The van der Waals surface area contributed by atoms with Crippen molar-refractivity contribution < 1.29 is 90.5 Å². The molecule has 0 aliphatic carbocycles. The lowest BCUT2D eigenvalue weighted by Crippen LogP contribution is -1.92. The number of hydrogen-bond donors (Lipinski definition) is 0. The summed E-state index contributed by atoms with van der Waals surface area (Å²) in [7, 11) is 0. The van der Waals surface area contributed by atoms with Crippen molar-refractivity contribution >= 4 is 129 Å². The molecule has 0 radical (unpaired) electrons. The molecule has 0 aliphatic heterocycles. The highest BCUT2D eigenvalue weighted by Gasteiger charge is 2.22. The minimum absolute atomic E-state index is 0.497. The molecular formula is C102H66. The van der Waals surface area contributed by atoms with Crippen molar-refractivity contribution in [3.63, 3.8) is 0 Å². The third-order valence-corrected chi connectivity index (χ3v) is 16.2. The van der Waals surface area contributed by atoms with E-state index in [1.807, 2.05) is 0 Å². The Morgan fingerprint density at radius 2 is 0.343 bits per heavy atom. The Labute approximate surface area is 685 Å². The summed E-state index contributed by atoms with van der Waals surface area (Å²) in [5.41, 5.74) is -7.87. The Kier molecular flexibility index (Phi) is 5.73. The van der Waals surface area contributed by atoms with Gasteiger partial charge < -0.3 is 0 Å². The molecule has 0 amide bonds. The van der Waals surface area contributed by atoms with Crippen molar-refractivity contribution in [3.05, 3.63) is 399 Å². The molecular weight excluding hydrogens is 1230 g/mol. The van der Waals surface area contributed by atoms with E-state index in [4.69, 9.17) is 75.4 Å². The summed E-state index contributed by atoms with van der Waals surface area (Å²) in [6, 6.07) is -56.4. The molecule has 0 aliphatic rings. The van der Waals surface area contributed by atoms with Gasteiger partial charge in [-0.15, -0.1) is 0 Å². The van der Waals surface area contributed by atoms with Gasteiger partial charge in [0.1, 0.15) is 0 Å². The molecule has 474 valence electrons. The van der Waals surface area contributed by atoms with Crippen LogP contribution in [-0.2, 0) is 0 Å². The monoisotopic (exact) mass is 1360 g/mol. The second kappa shape index (κ2) is 25.5. The summed E-state index contributed by atoms with van der Waals surface area (Å²) in [5, 5.41) is -14.2. The van der Waals surface area contributed by atoms with Crippen molar-refractivity contribution in [3.8, 4) is 66.8 Å². The lowest BCUT2D eigenvalue weighted by atomic mass is 9.84. The maximum absolute atomic E-state index is 9.40. The van der Waals surface area contributed by atoms with E-state index in [0.29, 0.717) is 0 Å². The zero-order chi connectivity index (χ0) is 125. The molecule has 0 saturated carbocycles. The molecule has 0 aromatic heterocycles. The molecule has 21 aromatic carbocycles. The highest BCUT2D eigenvalue weighted by Crippen LogP contribution is 2.49. The summed E-state index contributed by atoms with van der Waals surface area (Å²) in [4.78, 5) is 0. The first kappa shape index (κ1) is 22.9. The van der Waals surface area contributed by atoms with Gasteiger partial charge in [0.2, 0.25) is 0 Å². The Morgan fingerprint density at radius 1 is 0.118 bits per heavy atom. The lowest BCUT2D eigenvalue weighted by molar-refractivity contribution is 1.66. The molecule has 0 nitrogen and oxygen atoms in total. The van der Waals surface area contributed by atoms with Crippen molar-refractivity contribution in [1.82, 2.24) is 0 Å². The van der Waals surface area contributed by atoms with Crippen LogP contribution < -0.4 is 0 Å². The topological polar surface area (TPSA) is 0 Å². The molecule has 0 N–H and O–H groups in total. The molecule has 0 atom stereocenters. The van der Waals surface area contributed by atoms with Gasteiger partial charge in [-0.2, -0.15) is 0 Å². The predicted molar refractivity (Wildman–Crippen MR) is 442 cm³/mol. The Hall–Kier alpha value is -13.3. The van der Waals surface area contributed by atoms with Gasteiger partial charge in [-0.3, -0.25) is 0 Å². The second-order valence-electron chi connectivity index (χ2n) is 21.8. The smallest absolute Gasteiger partial charge is 0.0622 e. The summed E-state index contributed by atoms with van der Waals surface area (Å²) in [5.74, 6) is 0. The maximum atomic E-state index is 9.40. The van der Waals surface area contributed by atoms with Gasteiger partial charge >= 0.3 is 0 Å². The van der Waals surface area contributed by atoms with Crippen LogP contribution in [-0.4, -0.2) is 0 Å². The average Bonchev–Trinajstić information content (AvgIpc) is 0.671. The fourth-order valence-corrected chi connectivity index (χ4v) is 12.0. The van der Waals surface area contributed by atoms with Crippen molar-refractivity contribution in [1.29, 1.82) is 0 Å². The molecule has 0 spiro atoms. The van der Waals surface area contributed by atoms with E-state index in [9.17, 15) is 15.1 Å². The SMILES string of the molecule is [2H]c1c([2H])c([2H])c(-c2c3c([2H])c([2H])c([2H])c([2H])c3c(-c3c([2H])c([2H])c4c([2H])c([2H])c([2H])c([2H])c4c3[2H])c3c([2H])c([2H])c([2H])c([2H])c23)c([2H])c1[2H].[2H]c1c([2H])c([2H])c2c([2H])c(-c3c4c([2H])c([2H])c([2H])c([2H])c4c(-c4c([2H])c([2H])c([2H])c5c4c([2H])c([2H])c4c([2H])c([2H])c([2H])c([2H])c45)c4c([2H])c([2H])c([2H])c([2H])c34)c([2H])c([2H])c2c1[2H].[2H]c1c([2H])c([2H])c2c([2H])c(-c3c4c([2H])c([2H])c([2H])c([2H])c4c(-c4c([2H])c([2H])c5c([2H])c([2H])c([2H])c([2H])c5c4[2H])c4c([2H])c([2H])c([2H])c([2H])c34)c([2H])c([2H])c2c1[2H]. The summed E-state index contributed by atoms with van der Waals surface area (Å²) >= 11 is 0. The number of rotatable bonds is 6. The van der Waals surface area contributed by atoms with E-state index in [-0.39, 0.29) is 0 Å². The van der Waals surface area contributed by atoms with E-state index >= 15 is 0 Å². The molecule has 0 heteroatoms. The van der Waals surface area contributed by atoms with Gasteiger partial charge in [0.25, 0.3) is 0 Å². The molecule has 21 rings (SSSR count). The number of fused-ring (bicyclic) bond motifs is 13. The van der Waals surface area contributed by atoms with Gasteiger partial charge in [0.15, 0.2) is 0 Å². The fourth-order valence-electron chi connectivity index (χ4n) is 12.0. The van der Waals surface area contributed by atoms with E-state index in [2.05, 4.69) is 0 Å². The van der Waals surface area contributed by atoms with Gasteiger partial charge in [0.05, 0.1) is 90.5 Å². The van der Waals surface area contributed by atoms with Crippen molar-refractivity contribution in [2.45, 2.75) is 0 Å². The van der Waals surface area contributed by atoms with E-state index < -0.39 is 595 Å². The Bertz CT molecular complexity index is 10600. The fraction of sp³-hybridized carbons (Fsp3) is 0. The third kappa shape index (κ3) is 10.5. The second-order valence-corrected chi connectivity index (χ2v) is 21.8. The standard InChI is InChI=1S/C38H24.C34H22.C30H20/c1-2-12-27-24-28(21-20-25(27)10-1)37-33-14-5-7-16-35(33)38(36-17-8-6-15-34(36)37)32-19-9-18-30-29-13-4-3-11-26(29)22-23-31(30)32;1-3-11-25-21-27(19-17-23(25)9-1)33-29-13-5-7-15-31(29)34(32-16-8-6-14-30(32)33)28-20-18-24-10-2-4-12-26(24)22-28;1-2-11-22(12-3-1)29-25-14-6-8-16-27(25)30(28-17-9-7-15-26(28)29)24-19-18-21-10-4-5-13-23(21)20-24/h1-24H;1-22H;1-20H/i1D,2D,3D,4D,5D,6D,7D,8D,9D,10D,11D,12D,13D,14D,15D,16D,17D,18D,19D,20D,21D,22D,23D,24D;1D,2D,3D,4D,5D,6D,7D,8D,9D,10D,11D,12D,13D,14D,15D,16D,17D,18D,19D,20D,21D,22D;1D,2D,3D,4D,5D,6D,7D,8D,9D,10D,11D,12D,13D,14D,15D,16D,17D,18D,19D,20D. The first-order valence-corrected chi connectivity index (χ1v) is 30.0. The number of benzene rings is 21. The minimum Gasteiger partial charge on any atom is -0.0622 e. The van der Waals surface area contributed by atoms with Gasteiger partial charge in [-0.05, 0) is 220 Å². The quantitative estimate of drug-likeness (QED) is 0.115. The van der Waals surface area contributed by atoms with Gasteiger partial charge in [-0.25, -0.2) is 0 Å². The van der Waals surface area contributed by atoms with Crippen LogP contribution in [0.3, 0.4) is 0 Å². The molecule has 0 saturated heterocycles. The summed E-state index contributed by atoms with van der Waals surface area (Å²) < 4.78 is 578. The highest BCUT2D eigenvalue weighted by molar-refractivity contribution is 6.27. The van der Waals surface area contributed by atoms with Crippen LogP contribution in [0.25, 0.3) is 196 Å². The first-order valence-electron chi connectivity index (χ1n) is 63.0. The van der Waals surface area contributed by atoms with Crippen LogP contribution in [0.5, 0.6) is 0 Å². The maximum Gasteiger partial charge on any atom is 0.0636 e. The largest absolute Gasteiger partial charge is 0.0636 e. The normalized spacial score (nSPS) is 20.6. The number of hydrogen-bond acceptors (Lipinski definition) is 0. The van der Waals surface area contributed by atoms with Crippen LogP contribution in [0.15, 0.2) is 399 Å². The zero-order valence-corrected chi connectivity index (χ0v) is 51.0. The molecule has 0 unspecified atom stereocenters. The molecule has 0 bridgehead atoms. The van der Waals surface area contributed by atoms with E-state index in [1.165, 1.54) is 0 Å². The predicted octanol–water partition coefficient (Wildman–Crippen LogP) is 28.9. The lowest BCUT2D eigenvalue weighted by Gasteiger charge is -2.19.